The summed E-state index contributed by atoms with van der Waals surface area (Å²) in [6.07, 6.45) is 36.5. The Morgan fingerprint density at radius 2 is 1.19 bits per heavy atom. The Kier molecular flexibility index (Phi) is 35.9. The fraction of sp³-hybridized carbons (Fsp3) is 0.714. The van der Waals surface area contributed by atoms with Crippen LogP contribution in [-0.4, -0.2) is 76.9 Å². The van der Waals surface area contributed by atoms with Crippen molar-refractivity contribution < 1.29 is 52.9 Å². The zero-order chi connectivity index (χ0) is 40.0. The number of ether oxygens (including phenoxy) is 2. The molecule has 0 heterocycles. The molecule has 0 bridgehead atoms. The van der Waals surface area contributed by atoms with Crippen molar-refractivity contribution in [1.82, 2.24) is 0 Å². The van der Waals surface area contributed by atoms with Gasteiger partial charge in [0.2, 0.25) is 0 Å². The third-order valence-corrected chi connectivity index (χ3v) is 9.18. The zero-order valence-electron chi connectivity index (χ0n) is 33.3. The summed E-state index contributed by atoms with van der Waals surface area (Å²) in [5.41, 5.74) is 0. The molecule has 0 aromatic heterocycles. The van der Waals surface area contributed by atoms with Gasteiger partial charge in [0.1, 0.15) is 12.7 Å². The first-order chi connectivity index (χ1) is 26.1. The van der Waals surface area contributed by atoms with Crippen LogP contribution < -0.4 is 0 Å². The SMILES string of the molecule is CCCCC/C=C\C[C@H](O)/C=C/C=C\C/C=C\CCCC(=O)O[C@H](COC(=O)CCCCCCC/C=C\CCCCCC)COP(=O)(O)OC[C@@H](O)CO. The second kappa shape index (κ2) is 37.5. The van der Waals surface area contributed by atoms with Gasteiger partial charge in [-0.1, -0.05) is 126 Å². The van der Waals surface area contributed by atoms with Gasteiger partial charge in [-0.3, -0.25) is 18.6 Å². The molecule has 0 spiro atoms. The summed E-state index contributed by atoms with van der Waals surface area (Å²) in [5.74, 6) is -1.05. The summed E-state index contributed by atoms with van der Waals surface area (Å²) in [5, 5.41) is 28.3. The summed E-state index contributed by atoms with van der Waals surface area (Å²) in [6.45, 7) is 2.15. The number of carbonyl (C=O) groups is 2. The molecule has 0 radical (unpaired) electrons. The molecular formula is C42H73O11P. The molecule has 4 atom stereocenters. The number of allylic oxidation sites excluding steroid dienone is 8. The highest BCUT2D eigenvalue weighted by Gasteiger charge is 2.27. The van der Waals surface area contributed by atoms with E-state index >= 15 is 0 Å². The van der Waals surface area contributed by atoms with Gasteiger partial charge in [0.15, 0.2) is 6.10 Å². The largest absolute Gasteiger partial charge is 0.472 e. The van der Waals surface area contributed by atoms with Crippen molar-refractivity contribution in [3.05, 3.63) is 60.8 Å². The molecule has 0 amide bonds. The summed E-state index contributed by atoms with van der Waals surface area (Å²) >= 11 is 0. The van der Waals surface area contributed by atoms with Gasteiger partial charge in [-0.05, 0) is 70.6 Å². The predicted octanol–water partition coefficient (Wildman–Crippen LogP) is 9.30. The van der Waals surface area contributed by atoms with E-state index < -0.39 is 57.9 Å². The van der Waals surface area contributed by atoms with Crippen molar-refractivity contribution in [3.63, 3.8) is 0 Å². The third-order valence-electron chi connectivity index (χ3n) is 8.22. The Morgan fingerprint density at radius 3 is 1.89 bits per heavy atom. The van der Waals surface area contributed by atoms with Gasteiger partial charge in [0.05, 0.1) is 25.9 Å². The number of hydrogen-bond acceptors (Lipinski definition) is 10. The van der Waals surface area contributed by atoms with Crippen LogP contribution in [0.1, 0.15) is 149 Å². The molecule has 0 saturated heterocycles. The second-order valence-corrected chi connectivity index (χ2v) is 15.0. The molecule has 11 nitrogen and oxygen atoms in total. The van der Waals surface area contributed by atoms with Crippen molar-refractivity contribution in [3.8, 4) is 0 Å². The van der Waals surface area contributed by atoms with Crippen LogP contribution in [0.5, 0.6) is 0 Å². The number of hydrogen-bond donors (Lipinski definition) is 4. The van der Waals surface area contributed by atoms with Gasteiger partial charge in [-0.25, -0.2) is 4.57 Å². The van der Waals surface area contributed by atoms with Crippen LogP contribution in [0.4, 0.5) is 0 Å². The lowest BCUT2D eigenvalue weighted by molar-refractivity contribution is -0.161. The molecule has 4 N–H and O–H groups in total. The van der Waals surface area contributed by atoms with Crippen molar-refractivity contribution in [2.75, 3.05) is 26.4 Å². The standard InChI is InChI=1S/C42H73O11P/c1-3-5-7-9-11-12-13-14-15-16-20-24-28-32-41(46)50-36-40(37-52-54(48,49)51-35-39(45)34-43)53-42(47)33-29-25-21-18-17-19-23-27-31-38(44)30-26-22-10-8-6-4-2/h12-13,18-19,21-23,26-27,31,38-40,43-45H,3-11,14-17,20,24-25,28-30,32-37H2,1-2H3,(H,48,49)/b13-12-,21-18-,23-19-,26-22-,31-27+/t38-,39-,40+/m0/s1. The van der Waals surface area contributed by atoms with E-state index in [0.29, 0.717) is 32.1 Å². The quantitative estimate of drug-likeness (QED) is 0.0156. The molecule has 0 aliphatic rings. The fourth-order valence-electron chi connectivity index (χ4n) is 5.00. The molecule has 12 heteroatoms. The number of unbranched alkanes of at least 4 members (excludes halogenated alkanes) is 13. The van der Waals surface area contributed by atoms with Gasteiger partial charge in [-0.15, -0.1) is 0 Å². The number of esters is 2. The highest BCUT2D eigenvalue weighted by atomic mass is 31.2. The highest BCUT2D eigenvalue weighted by Crippen LogP contribution is 2.43. The van der Waals surface area contributed by atoms with Crippen LogP contribution in [0, 0.1) is 0 Å². The molecule has 54 heavy (non-hydrogen) atoms. The Morgan fingerprint density at radius 1 is 0.630 bits per heavy atom. The molecule has 0 saturated carbocycles. The van der Waals surface area contributed by atoms with Gasteiger partial charge in [-0.2, -0.15) is 0 Å². The summed E-state index contributed by atoms with van der Waals surface area (Å²) in [6, 6.07) is 0. The molecule has 1 unspecified atom stereocenters. The number of aliphatic hydroxyl groups excluding tert-OH is 3. The molecule has 0 aliphatic heterocycles. The smallest absolute Gasteiger partial charge is 0.462 e. The molecule has 0 fully saturated rings. The minimum Gasteiger partial charge on any atom is -0.462 e. The number of rotatable bonds is 37. The maximum atomic E-state index is 12.6. The lowest BCUT2D eigenvalue weighted by atomic mass is 10.1. The Labute approximate surface area is 326 Å². The second-order valence-electron chi connectivity index (χ2n) is 13.5. The normalized spacial score (nSPS) is 15.1. The van der Waals surface area contributed by atoms with E-state index in [1.807, 2.05) is 36.5 Å². The summed E-state index contributed by atoms with van der Waals surface area (Å²) in [7, 11) is -4.65. The molecule has 0 rings (SSSR count). The maximum absolute atomic E-state index is 12.6. The van der Waals surface area contributed by atoms with Crippen molar-refractivity contribution in [2.24, 2.45) is 0 Å². The predicted molar refractivity (Wildman–Crippen MR) is 216 cm³/mol. The van der Waals surface area contributed by atoms with Crippen LogP contribution in [0.2, 0.25) is 0 Å². The molecule has 0 aromatic rings. The lowest BCUT2D eigenvalue weighted by Gasteiger charge is -2.20. The van der Waals surface area contributed by atoms with Crippen LogP contribution in [0.25, 0.3) is 0 Å². The molecule has 0 aliphatic carbocycles. The monoisotopic (exact) mass is 784 g/mol. The summed E-state index contributed by atoms with van der Waals surface area (Å²) in [4.78, 5) is 34.9. The first kappa shape index (κ1) is 51.6. The fourth-order valence-corrected chi connectivity index (χ4v) is 5.79. The number of aliphatic hydroxyl groups is 3. The van der Waals surface area contributed by atoms with Crippen LogP contribution in [-0.2, 0) is 32.7 Å². The average molecular weight is 785 g/mol. The van der Waals surface area contributed by atoms with Crippen LogP contribution >= 0.6 is 7.82 Å². The minimum absolute atomic E-state index is 0.0725. The van der Waals surface area contributed by atoms with Crippen LogP contribution in [0.15, 0.2) is 60.8 Å². The van der Waals surface area contributed by atoms with E-state index in [4.69, 9.17) is 19.1 Å². The van der Waals surface area contributed by atoms with Crippen molar-refractivity contribution in [1.29, 1.82) is 0 Å². The molecular weight excluding hydrogens is 711 g/mol. The van der Waals surface area contributed by atoms with Gasteiger partial charge in [0, 0.05) is 12.8 Å². The van der Waals surface area contributed by atoms with E-state index in [1.165, 1.54) is 44.9 Å². The Balaban J connectivity index is 4.53. The number of phosphoric acid groups is 1. The van der Waals surface area contributed by atoms with E-state index in [1.54, 1.807) is 6.08 Å². The first-order valence-electron chi connectivity index (χ1n) is 20.4. The Hall–Kier alpha value is -2.37. The Bertz CT molecular complexity index is 1100. The number of carbonyl (C=O) groups excluding carboxylic acids is 2. The minimum atomic E-state index is -4.65. The topological polar surface area (TPSA) is 169 Å². The molecule has 0 aromatic carbocycles. The first-order valence-corrected chi connectivity index (χ1v) is 21.8. The van der Waals surface area contributed by atoms with E-state index in [-0.39, 0.29) is 19.4 Å². The highest BCUT2D eigenvalue weighted by molar-refractivity contribution is 7.47. The third kappa shape index (κ3) is 36.6. The van der Waals surface area contributed by atoms with Gasteiger partial charge >= 0.3 is 19.8 Å². The van der Waals surface area contributed by atoms with Crippen LogP contribution in [0.3, 0.4) is 0 Å². The number of phosphoric ester groups is 1. The summed E-state index contributed by atoms with van der Waals surface area (Å²) < 4.78 is 32.5. The van der Waals surface area contributed by atoms with Crippen molar-refractivity contribution in [2.45, 2.75) is 167 Å². The average Bonchev–Trinajstić information content (AvgIpc) is 3.15. The molecule has 312 valence electrons. The zero-order valence-corrected chi connectivity index (χ0v) is 34.2. The maximum Gasteiger partial charge on any atom is 0.472 e. The van der Waals surface area contributed by atoms with E-state index in [0.717, 1.165) is 44.9 Å². The van der Waals surface area contributed by atoms with Gasteiger partial charge in [0.25, 0.3) is 0 Å². The van der Waals surface area contributed by atoms with E-state index in [2.05, 4.69) is 36.6 Å². The van der Waals surface area contributed by atoms with E-state index in [9.17, 15) is 29.3 Å². The van der Waals surface area contributed by atoms with Crippen molar-refractivity contribution >= 4 is 19.8 Å². The van der Waals surface area contributed by atoms with Gasteiger partial charge < -0.3 is 29.7 Å². The lowest BCUT2D eigenvalue weighted by Crippen LogP contribution is -2.29.